The maximum Gasteiger partial charge on any atom is 0.347 e. The van der Waals surface area contributed by atoms with Crippen molar-refractivity contribution in [2.75, 3.05) is 33.9 Å². The topological polar surface area (TPSA) is 38.8 Å². The number of hydrogen-bond donors (Lipinski definition) is 0. The number of benzene rings is 2. The van der Waals surface area contributed by atoms with E-state index in [2.05, 4.69) is 11.9 Å². The summed E-state index contributed by atoms with van der Waals surface area (Å²) in [5.41, 5.74) is 0.307. The summed E-state index contributed by atoms with van der Waals surface area (Å²) in [6, 6.07) is 19.1. The monoisotopic (exact) mass is 339 g/mol. The fraction of sp³-hybridized carbons (Fsp3) is 0.381. The highest BCUT2D eigenvalue weighted by molar-refractivity contribution is 5.85. The van der Waals surface area contributed by atoms with Crippen molar-refractivity contribution in [1.82, 2.24) is 4.90 Å². The molecule has 132 valence electrons. The van der Waals surface area contributed by atoms with Gasteiger partial charge in [0.15, 0.2) is 0 Å². The zero-order valence-corrected chi connectivity index (χ0v) is 14.9. The van der Waals surface area contributed by atoms with E-state index in [0.29, 0.717) is 12.5 Å². The van der Waals surface area contributed by atoms with Crippen LogP contribution in [0.2, 0.25) is 0 Å². The molecule has 1 atom stereocenters. The van der Waals surface area contributed by atoms with Gasteiger partial charge in [-0.1, -0.05) is 60.7 Å². The molecule has 2 aromatic rings. The number of carbonyl (C=O) groups is 1. The lowest BCUT2D eigenvalue weighted by atomic mass is 9.86. The maximum atomic E-state index is 13.2. The zero-order chi connectivity index (χ0) is 17.7. The van der Waals surface area contributed by atoms with Gasteiger partial charge >= 0.3 is 5.97 Å². The molecule has 1 saturated heterocycles. The molecule has 0 spiro atoms. The number of hydrogen-bond acceptors (Lipinski definition) is 4. The van der Waals surface area contributed by atoms with Crippen molar-refractivity contribution >= 4 is 5.97 Å². The van der Waals surface area contributed by atoms with Crippen LogP contribution in [0.3, 0.4) is 0 Å². The Hall–Kier alpha value is -2.17. The Balaban J connectivity index is 1.89. The van der Waals surface area contributed by atoms with Gasteiger partial charge in [-0.3, -0.25) is 0 Å². The van der Waals surface area contributed by atoms with Crippen LogP contribution in [0.1, 0.15) is 17.5 Å². The lowest BCUT2D eigenvalue weighted by Crippen LogP contribution is -2.41. The predicted molar refractivity (Wildman–Crippen MR) is 97.2 cm³/mol. The van der Waals surface area contributed by atoms with Gasteiger partial charge in [-0.25, -0.2) is 4.79 Å². The van der Waals surface area contributed by atoms with Crippen LogP contribution in [-0.4, -0.2) is 44.7 Å². The molecule has 1 unspecified atom stereocenters. The van der Waals surface area contributed by atoms with Gasteiger partial charge in [-0.15, -0.1) is 0 Å². The van der Waals surface area contributed by atoms with Crippen molar-refractivity contribution in [3.63, 3.8) is 0 Å². The molecule has 4 heteroatoms. The van der Waals surface area contributed by atoms with Crippen LogP contribution in [0, 0.1) is 5.92 Å². The number of methoxy groups -OCH3 is 1. The van der Waals surface area contributed by atoms with Crippen LogP contribution in [-0.2, 0) is 19.9 Å². The van der Waals surface area contributed by atoms with E-state index in [4.69, 9.17) is 9.47 Å². The van der Waals surface area contributed by atoms with Crippen molar-refractivity contribution in [3.8, 4) is 0 Å². The Morgan fingerprint density at radius 2 is 1.64 bits per heavy atom. The van der Waals surface area contributed by atoms with Crippen LogP contribution in [0.5, 0.6) is 0 Å². The summed E-state index contributed by atoms with van der Waals surface area (Å²) in [4.78, 5) is 15.4. The molecular formula is C21H25NO3. The number of carbonyl (C=O) groups excluding carboxylic acids is 1. The summed E-state index contributed by atoms with van der Waals surface area (Å²) in [5, 5.41) is 0. The molecule has 3 rings (SSSR count). The van der Waals surface area contributed by atoms with E-state index in [9.17, 15) is 4.79 Å². The summed E-state index contributed by atoms with van der Waals surface area (Å²) in [6.07, 6.45) is 1.06. The third-order valence-corrected chi connectivity index (χ3v) is 4.89. The number of likely N-dealkylation sites (tertiary alicyclic amines) is 1. The fourth-order valence-corrected chi connectivity index (χ4v) is 3.52. The molecule has 2 aromatic carbocycles. The summed E-state index contributed by atoms with van der Waals surface area (Å²) in [5.74, 6) is 0.0250. The smallest absolute Gasteiger partial charge is 0.347 e. The minimum Gasteiger partial charge on any atom is -0.463 e. The van der Waals surface area contributed by atoms with Gasteiger partial charge in [0.1, 0.15) is 0 Å². The lowest BCUT2D eigenvalue weighted by Gasteiger charge is -2.31. The van der Waals surface area contributed by atoms with Crippen LogP contribution in [0.15, 0.2) is 60.7 Å². The van der Waals surface area contributed by atoms with Crippen LogP contribution >= 0.6 is 0 Å². The van der Waals surface area contributed by atoms with Crippen LogP contribution in [0.4, 0.5) is 0 Å². The van der Waals surface area contributed by atoms with Crippen LogP contribution in [0.25, 0.3) is 0 Å². The van der Waals surface area contributed by atoms with Crippen LogP contribution < -0.4 is 0 Å². The quantitative estimate of drug-likeness (QED) is 0.758. The second-order valence-electron chi connectivity index (χ2n) is 6.63. The standard InChI is InChI=1S/C21H25NO3/c1-22-14-13-17(15-22)16-25-20(23)21(24-2,18-9-5-3-6-10-18)19-11-7-4-8-12-19/h3-12,17H,13-16H2,1-2H3. The highest BCUT2D eigenvalue weighted by atomic mass is 16.6. The Morgan fingerprint density at radius 1 is 1.08 bits per heavy atom. The minimum absolute atomic E-state index is 0.359. The normalized spacial score (nSPS) is 18.2. The molecule has 1 fully saturated rings. The second-order valence-corrected chi connectivity index (χ2v) is 6.63. The molecule has 0 N–H and O–H groups in total. The predicted octanol–water partition coefficient (Wildman–Crippen LogP) is 3.07. The van der Waals surface area contributed by atoms with Crippen molar-refractivity contribution in [2.24, 2.45) is 5.92 Å². The van der Waals surface area contributed by atoms with E-state index in [1.54, 1.807) is 7.11 Å². The molecule has 0 bridgehead atoms. The Labute approximate surface area is 149 Å². The van der Waals surface area contributed by atoms with Gasteiger partial charge in [-0.05, 0) is 31.1 Å². The molecule has 1 heterocycles. The Kier molecular flexibility index (Phi) is 5.51. The highest BCUT2D eigenvalue weighted by Crippen LogP contribution is 2.35. The van der Waals surface area contributed by atoms with Crippen molar-refractivity contribution in [2.45, 2.75) is 12.0 Å². The van der Waals surface area contributed by atoms with Gasteiger partial charge in [0, 0.05) is 19.6 Å². The largest absolute Gasteiger partial charge is 0.463 e. The molecule has 0 aromatic heterocycles. The lowest BCUT2D eigenvalue weighted by molar-refractivity contribution is -0.166. The van der Waals surface area contributed by atoms with Gasteiger partial charge in [-0.2, -0.15) is 0 Å². The van der Waals surface area contributed by atoms with Gasteiger partial charge < -0.3 is 14.4 Å². The maximum absolute atomic E-state index is 13.2. The first-order valence-corrected chi connectivity index (χ1v) is 8.69. The SMILES string of the molecule is COC(C(=O)OCC1CCN(C)C1)(c1ccccc1)c1ccccc1. The third-order valence-electron chi connectivity index (χ3n) is 4.89. The number of esters is 1. The van der Waals surface area contributed by atoms with E-state index in [1.165, 1.54) is 0 Å². The highest BCUT2D eigenvalue weighted by Gasteiger charge is 2.44. The first-order valence-electron chi connectivity index (χ1n) is 8.69. The summed E-state index contributed by atoms with van der Waals surface area (Å²) < 4.78 is 11.6. The average Bonchev–Trinajstić information content (AvgIpc) is 3.08. The van der Waals surface area contributed by atoms with E-state index in [-0.39, 0.29) is 5.97 Å². The molecule has 0 amide bonds. The molecule has 25 heavy (non-hydrogen) atoms. The molecule has 0 saturated carbocycles. The number of rotatable bonds is 6. The zero-order valence-electron chi connectivity index (χ0n) is 14.9. The van der Waals surface area contributed by atoms with Crippen molar-refractivity contribution in [3.05, 3.63) is 71.8 Å². The first kappa shape index (κ1) is 17.6. The molecule has 1 aliphatic rings. The molecule has 0 aliphatic carbocycles. The number of ether oxygens (including phenoxy) is 2. The average molecular weight is 339 g/mol. The first-order chi connectivity index (χ1) is 12.2. The molecular weight excluding hydrogens is 314 g/mol. The molecule has 0 radical (unpaired) electrons. The van der Waals surface area contributed by atoms with E-state index < -0.39 is 5.60 Å². The summed E-state index contributed by atoms with van der Waals surface area (Å²) in [7, 11) is 3.65. The third kappa shape index (κ3) is 3.60. The minimum atomic E-state index is -1.24. The van der Waals surface area contributed by atoms with E-state index in [0.717, 1.165) is 30.6 Å². The van der Waals surface area contributed by atoms with Crippen molar-refractivity contribution < 1.29 is 14.3 Å². The summed E-state index contributed by atoms with van der Waals surface area (Å²) >= 11 is 0. The van der Waals surface area contributed by atoms with Crippen molar-refractivity contribution in [1.29, 1.82) is 0 Å². The Morgan fingerprint density at radius 3 is 2.08 bits per heavy atom. The second kappa shape index (κ2) is 7.81. The summed E-state index contributed by atoms with van der Waals surface area (Å²) in [6.45, 7) is 2.44. The van der Waals surface area contributed by atoms with E-state index >= 15 is 0 Å². The molecule has 1 aliphatic heterocycles. The number of nitrogens with zero attached hydrogens (tertiary/aromatic N) is 1. The van der Waals surface area contributed by atoms with Gasteiger partial charge in [0.25, 0.3) is 0 Å². The Bertz CT molecular complexity index is 647. The molecule has 4 nitrogen and oxygen atoms in total. The fourth-order valence-electron chi connectivity index (χ4n) is 3.52. The van der Waals surface area contributed by atoms with E-state index in [1.807, 2.05) is 60.7 Å². The van der Waals surface area contributed by atoms with Gasteiger partial charge in [0.05, 0.1) is 6.61 Å². The van der Waals surface area contributed by atoms with Gasteiger partial charge in [0.2, 0.25) is 5.60 Å².